The Balaban J connectivity index is 2.58. The first-order chi connectivity index (χ1) is 15.4. The Morgan fingerprint density at radius 2 is 1.39 bits per heavy atom. The first-order valence-corrected chi connectivity index (χ1v) is 10.1. The topological polar surface area (TPSA) is 152 Å². The number of carboxylic acid groups (broad SMARTS) is 3. The Morgan fingerprint density at radius 3 is 1.88 bits per heavy atom. The highest BCUT2D eigenvalue weighted by Gasteiger charge is 2.24. The number of aromatic hydroxyl groups is 2. The van der Waals surface area contributed by atoms with Crippen molar-refractivity contribution in [3.63, 3.8) is 0 Å². The van der Waals surface area contributed by atoms with Crippen LogP contribution in [0.15, 0.2) is 47.6 Å². The van der Waals surface area contributed by atoms with Crippen molar-refractivity contribution in [3.8, 4) is 22.6 Å². The summed E-state index contributed by atoms with van der Waals surface area (Å²) < 4.78 is 0. The lowest BCUT2D eigenvalue weighted by Gasteiger charge is -2.15. The second-order valence-electron chi connectivity index (χ2n) is 7.93. The van der Waals surface area contributed by atoms with E-state index in [1.165, 1.54) is 5.57 Å². The minimum Gasteiger partial charge on any atom is -0.507 e. The third-order valence-electron chi connectivity index (χ3n) is 5.08. The number of phenolic OH excluding ortho intramolecular Hbond substituents is 1. The average Bonchev–Trinajstić information content (AvgIpc) is 2.72. The van der Waals surface area contributed by atoms with E-state index in [2.05, 4.69) is 6.08 Å². The molecule has 8 heteroatoms. The average molecular weight is 454 g/mol. The third-order valence-corrected chi connectivity index (χ3v) is 5.08. The molecule has 0 bridgehead atoms. The van der Waals surface area contributed by atoms with Gasteiger partial charge in [-0.3, -0.25) is 0 Å². The largest absolute Gasteiger partial charge is 0.507 e. The molecule has 2 aromatic carbocycles. The van der Waals surface area contributed by atoms with Gasteiger partial charge in [0.2, 0.25) is 0 Å². The summed E-state index contributed by atoms with van der Waals surface area (Å²) >= 11 is 0. The number of aromatic carboxylic acids is 3. The Morgan fingerprint density at radius 1 is 0.818 bits per heavy atom. The standard InChI is InChI=1S/C25H26O8/c1-13(2)5-4-6-14(3)7-8-18-20(26)12-19(21(22(18)27)25(32)33)15-9-16(23(28)29)11-17(10-15)24(30)31/h5,7,9-12,26-27H,4,6,8H2,1-3H3,(H,28,29)(H,30,31)(H,32,33)/b14-7+. The van der Waals surface area contributed by atoms with E-state index >= 15 is 0 Å². The molecule has 0 saturated heterocycles. The highest BCUT2D eigenvalue weighted by atomic mass is 16.4. The van der Waals surface area contributed by atoms with E-state index in [1.807, 2.05) is 20.8 Å². The van der Waals surface area contributed by atoms with Gasteiger partial charge in [0, 0.05) is 11.1 Å². The van der Waals surface area contributed by atoms with Gasteiger partial charge < -0.3 is 25.5 Å². The summed E-state index contributed by atoms with van der Waals surface area (Å²) in [5, 5.41) is 49.5. The molecule has 0 spiro atoms. The van der Waals surface area contributed by atoms with Crippen LogP contribution in [0.2, 0.25) is 0 Å². The first-order valence-electron chi connectivity index (χ1n) is 10.1. The number of phenols is 2. The number of hydrogen-bond donors (Lipinski definition) is 5. The van der Waals surface area contributed by atoms with Crippen molar-refractivity contribution in [3.05, 3.63) is 69.8 Å². The van der Waals surface area contributed by atoms with Gasteiger partial charge in [0.15, 0.2) is 0 Å². The maximum atomic E-state index is 12.0. The van der Waals surface area contributed by atoms with Crippen molar-refractivity contribution in [2.75, 3.05) is 0 Å². The van der Waals surface area contributed by atoms with Gasteiger partial charge in [0.05, 0.1) is 11.1 Å². The van der Waals surface area contributed by atoms with Crippen LogP contribution in [-0.4, -0.2) is 43.4 Å². The molecule has 5 N–H and O–H groups in total. The van der Waals surface area contributed by atoms with Crippen LogP contribution in [0.3, 0.4) is 0 Å². The second kappa shape index (κ2) is 10.5. The van der Waals surface area contributed by atoms with E-state index in [-0.39, 0.29) is 34.2 Å². The van der Waals surface area contributed by atoms with Crippen LogP contribution in [0.4, 0.5) is 0 Å². The summed E-state index contributed by atoms with van der Waals surface area (Å²) in [7, 11) is 0. The predicted octanol–water partition coefficient (Wildman–Crippen LogP) is 5.09. The van der Waals surface area contributed by atoms with Crippen LogP contribution in [0.1, 0.15) is 70.3 Å². The summed E-state index contributed by atoms with van der Waals surface area (Å²) in [4.78, 5) is 34.8. The lowest BCUT2D eigenvalue weighted by molar-refractivity contribution is 0.0681. The molecule has 0 saturated carbocycles. The molecule has 0 amide bonds. The van der Waals surface area contributed by atoms with Crippen molar-refractivity contribution in [2.45, 2.75) is 40.0 Å². The maximum Gasteiger partial charge on any atom is 0.340 e. The lowest BCUT2D eigenvalue weighted by Crippen LogP contribution is -2.06. The Labute approximate surface area is 190 Å². The molecular weight excluding hydrogens is 428 g/mol. The molecule has 174 valence electrons. The highest BCUT2D eigenvalue weighted by Crippen LogP contribution is 2.40. The lowest BCUT2D eigenvalue weighted by atomic mass is 9.92. The molecule has 0 aliphatic carbocycles. The SMILES string of the molecule is CC(C)=CCC/C(C)=C/Cc1c(O)cc(-c2cc(C(=O)O)cc(C(=O)O)c2)c(C(=O)O)c1O. The van der Waals surface area contributed by atoms with Crippen LogP contribution in [-0.2, 0) is 6.42 Å². The highest BCUT2D eigenvalue weighted by molar-refractivity contribution is 6.02. The smallest absolute Gasteiger partial charge is 0.340 e. The molecule has 0 radical (unpaired) electrons. The molecule has 0 unspecified atom stereocenters. The minimum absolute atomic E-state index is 0.00515. The quantitative estimate of drug-likeness (QED) is 0.328. The number of benzene rings is 2. The maximum absolute atomic E-state index is 12.0. The predicted molar refractivity (Wildman–Crippen MR) is 122 cm³/mol. The van der Waals surface area contributed by atoms with Crippen LogP contribution >= 0.6 is 0 Å². The van der Waals surface area contributed by atoms with Gasteiger partial charge in [0.1, 0.15) is 17.1 Å². The van der Waals surface area contributed by atoms with Crippen molar-refractivity contribution in [2.24, 2.45) is 0 Å². The zero-order valence-corrected chi connectivity index (χ0v) is 18.5. The molecule has 0 aliphatic heterocycles. The molecule has 0 aromatic heterocycles. The fourth-order valence-electron chi connectivity index (χ4n) is 3.34. The zero-order valence-electron chi connectivity index (χ0n) is 18.5. The van der Waals surface area contributed by atoms with Gasteiger partial charge in [0.25, 0.3) is 0 Å². The van der Waals surface area contributed by atoms with E-state index in [0.29, 0.717) is 0 Å². The summed E-state index contributed by atoms with van der Waals surface area (Å²) in [6.07, 6.45) is 5.53. The van der Waals surface area contributed by atoms with Gasteiger partial charge in [-0.2, -0.15) is 0 Å². The molecule has 0 aliphatic rings. The fraction of sp³-hybridized carbons (Fsp3) is 0.240. The Hall–Kier alpha value is -4.07. The molecular formula is C25H26O8. The molecule has 8 nitrogen and oxygen atoms in total. The van der Waals surface area contributed by atoms with E-state index in [9.17, 15) is 39.9 Å². The van der Waals surface area contributed by atoms with Gasteiger partial charge in [-0.25, -0.2) is 14.4 Å². The fourth-order valence-corrected chi connectivity index (χ4v) is 3.34. The Kier molecular flexibility index (Phi) is 8.01. The van der Waals surface area contributed by atoms with Gasteiger partial charge in [-0.05, 0) is 69.9 Å². The number of carboxylic acids is 3. The number of hydrogen-bond acceptors (Lipinski definition) is 5. The van der Waals surface area contributed by atoms with Crippen LogP contribution in [0.25, 0.3) is 11.1 Å². The van der Waals surface area contributed by atoms with Crippen molar-refractivity contribution >= 4 is 17.9 Å². The normalized spacial score (nSPS) is 11.2. The molecule has 2 aromatic rings. The van der Waals surface area contributed by atoms with Crippen molar-refractivity contribution in [1.29, 1.82) is 0 Å². The number of rotatable bonds is 9. The van der Waals surface area contributed by atoms with E-state index in [4.69, 9.17) is 0 Å². The van der Waals surface area contributed by atoms with Crippen molar-refractivity contribution in [1.82, 2.24) is 0 Å². The van der Waals surface area contributed by atoms with Crippen LogP contribution < -0.4 is 0 Å². The van der Waals surface area contributed by atoms with Gasteiger partial charge in [-0.1, -0.05) is 23.3 Å². The monoisotopic (exact) mass is 454 g/mol. The van der Waals surface area contributed by atoms with Gasteiger partial charge in [-0.15, -0.1) is 0 Å². The summed E-state index contributed by atoms with van der Waals surface area (Å²) in [6.45, 7) is 5.88. The molecule has 0 fully saturated rings. The van der Waals surface area contributed by atoms with Crippen LogP contribution in [0, 0.1) is 0 Å². The molecule has 2 rings (SSSR count). The summed E-state index contributed by atoms with van der Waals surface area (Å²) in [5.74, 6) is -5.38. The summed E-state index contributed by atoms with van der Waals surface area (Å²) in [5.41, 5.74) is 0.609. The van der Waals surface area contributed by atoms with E-state index in [0.717, 1.165) is 42.7 Å². The second-order valence-corrected chi connectivity index (χ2v) is 7.93. The summed E-state index contributed by atoms with van der Waals surface area (Å²) in [6, 6.07) is 4.20. The van der Waals surface area contributed by atoms with Crippen molar-refractivity contribution < 1.29 is 39.9 Å². The van der Waals surface area contributed by atoms with Crippen LogP contribution in [0.5, 0.6) is 11.5 Å². The number of carbonyl (C=O) groups is 3. The first kappa shape index (κ1) is 25.2. The van der Waals surface area contributed by atoms with Gasteiger partial charge >= 0.3 is 17.9 Å². The number of allylic oxidation sites excluding steroid dienone is 4. The van der Waals surface area contributed by atoms with E-state index < -0.39 is 35.0 Å². The minimum atomic E-state index is -1.51. The molecule has 33 heavy (non-hydrogen) atoms. The zero-order chi connectivity index (χ0) is 24.9. The third kappa shape index (κ3) is 6.22. The molecule has 0 atom stereocenters. The molecule has 0 heterocycles. The van der Waals surface area contributed by atoms with E-state index in [1.54, 1.807) is 6.08 Å². The Bertz CT molecular complexity index is 1140.